The lowest BCUT2D eigenvalue weighted by Crippen LogP contribution is -2.28. The maximum Gasteiger partial charge on any atom is 0.306 e. The Kier molecular flexibility index (Phi) is 33.6. The molecule has 1 unspecified atom stereocenters. The van der Waals surface area contributed by atoms with Crippen LogP contribution >= 0.6 is 0 Å². The lowest BCUT2D eigenvalue weighted by atomic mass is 10.0. The molecule has 0 amide bonds. The number of esters is 2. The van der Waals surface area contributed by atoms with Crippen LogP contribution in [0.5, 0.6) is 0 Å². The minimum Gasteiger partial charge on any atom is -0.462 e. The summed E-state index contributed by atoms with van der Waals surface area (Å²) in [6.45, 7) is 4.06. The van der Waals surface area contributed by atoms with Crippen LogP contribution in [-0.4, -0.2) is 36.4 Å². The zero-order valence-corrected chi connectivity index (χ0v) is 28.5. The third-order valence-electron chi connectivity index (χ3n) is 7.98. The highest BCUT2D eigenvalue weighted by atomic mass is 16.6. The van der Waals surface area contributed by atoms with Gasteiger partial charge >= 0.3 is 11.9 Å². The molecule has 0 bridgehead atoms. The van der Waals surface area contributed by atoms with Gasteiger partial charge in [0, 0.05) is 12.8 Å². The first kappa shape index (κ1) is 41.4. The molecule has 5 heteroatoms. The van der Waals surface area contributed by atoms with Crippen LogP contribution in [0.25, 0.3) is 0 Å². The molecule has 0 saturated heterocycles. The summed E-state index contributed by atoms with van der Waals surface area (Å²) >= 11 is 0. The van der Waals surface area contributed by atoms with Gasteiger partial charge < -0.3 is 14.6 Å². The number of hydrogen-bond donors (Lipinski definition) is 1. The van der Waals surface area contributed by atoms with Crippen LogP contribution in [-0.2, 0) is 19.1 Å². The van der Waals surface area contributed by atoms with Crippen LogP contribution in [0.15, 0.2) is 24.3 Å². The van der Waals surface area contributed by atoms with E-state index < -0.39 is 6.10 Å². The monoisotopic (exact) mass is 607 g/mol. The van der Waals surface area contributed by atoms with E-state index in [-0.39, 0.29) is 25.2 Å². The maximum atomic E-state index is 12.1. The normalized spacial score (nSPS) is 12.3. The number of carbonyl (C=O) groups is 2. The van der Waals surface area contributed by atoms with Crippen LogP contribution in [0.1, 0.15) is 187 Å². The van der Waals surface area contributed by atoms with E-state index in [1.807, 2.05) is 0 Å². The minimum atomic E-state index is -0.772. The van der Waals surface area contributed by atoms with Gasteiger partial charge in [0.05, 0.1) is 6.61 Å². The summed E-state index contributed by atoms with van der Waals surface area (Å²) < 4.78 is 10.6. The first-order valence-corrected chi connectivity index (χ1v) is 18.4. The van der Waals surface area contributed by atoms with Crippen molar-refractivity contribution in [3.63, 3.8) is 0 Å². The maximum absolute atomic E-state index is 12.1. The Morgan fingerprint density at radius 3 is 1.47 bits per heavy atom. The Morgan fingerprint density at radius 2 is 0.977 bits per heavy atom. The van der Waals surface area contributed by atoms with Crippen molar-refractivity contribution in [3.8, 4) is 0 Å². The fraction of sp³-hybridized carbons (Fsp3) is 0.842. The van der Waals surface area contributed by atoms with Crippen molar-refractivity contribution in [1.82, 2.24) is 0 Å². The molecule has 1 atom stereocenters. The van der Waals surface area contributed by atoms with E-state index in [1.54, 1.807) is 0 Å². The van der Waals surface area contributed by atoms with Gasteiger partial charge in [-0.25, -0.2) is 0 Å². The molecule has 0 rings (SSSR count). The molecule has 43 heavy (non-hydrogen) atoms. The number of hydrogen-bond acceptors (Lipinski definition) is 5. The number of carbonyl (C=O) groups excluding carboxylic acids is 2. The lowest BCUT2D eigenvalue weighted by molar-refractivity contribution is -0.161. The fourth-order valence-electron chi connectivity index (χ4n) is 5.18. The number of allylic oxidation sites excluding steroid dienone is 4. The van der Waals surface area contributed by atoms with Gasteiger partial charge in [0.1, 0.15) is 6.61 Å². The van der Waals surface area contributed by atoms with Crippen molar-refractivity contribution in [3.05, 3.63) is 24.3 Å². The molecule has 0 aliphatic heterocycles. The highest BCUT2D eigenvalue weighted by Crippen LogP contribution is 2.14. The van der Waals surface area contributed by atoms with Gasteiger partial charge in [0.15, 0.2) is 6.10 Å². The minimum absolute atomic E-state index is 0.0676. The molecule has 0 aromatic rings. The predicted molar refractivity (Wildman–Crippen MR) is 182 cm³/mol. The number of unbranched alkanes of at least 4 members (excludes halogenated alkanes) is 21. The lowest BCUT2D eigenvalue weighted by Gasteiger charge is -2.15. The van der Waals surface area contributed by atoms with Crippen molar-refractivity contribution < 1.29 is 24.2 Å². The molecule has 0 heterocycles. The van der Waals surface area contributed by atoms with Crippen molar-refractivity contribution in [1.29, 1.82) is 0 Å². The van der Waals surface area contributed by atoms with Crippen molar-refractivity contribution in [2.45, 2.75) is 193 Å². The standard InChI is InChI=1S/C38H70O5/c1-3-5-7-9-11-13-15-17-18-19-21-22-24-26-28-30-32-37(40)42-35-36(34-39)43-38(41)33-31-29-27-25-23-20-16-14-12-10-8-6-4-2/h8,10,14,16,36,39H,3-7,9,11-13,15,17-35H2,1-2H3/b10-8-,16-14-. The summed E-state index contributed by atoms with van der Waals surface area (Å²) in [5, 5.41) is 9.52. The van der Waals surface area contributed by atoms with E-state index in [1.165, 1.54) is 103 Å². The molecule has 252 valence electrons. The summed E-state index contributed by atoms with van der Waals surface area (Å²) in [5.41, 5.74) is 0. The Hall–Kier alpha value is -1.62. The van der Waals surface area contributed by atoms with Crippen molar-refractivity contribution >= 4 is 11.9 Å². The van der Waals surface area contributed by atoms with Crippen LogP contribution < -0.4 is 0 Å². The van der Waals surface area contributed by atoms with E-state index in [2.05, 4.69) is 38.2 Å². The van der Waals surface area contributed by atoms with Gasteiger partial charge in [-0.2, -0.15) is 0 Å². The Labute approximate surface area is 266 Å². The van der Waals surface area contributed by atoms with Crippen LogP contribution in [0.3, 0.4) is 0 Å². The van der Waals surface area contributed by atoms with Crippen LogP contribution in [0.4, 0.5) is 0 Å². The topological polar surface area (TPSA) is 72.8 Å². The highest BCUT2D eigenvalue weighted by molar-refractivity contribution is 5.70. The first-order chi connectivity index (χ1) is 21.1. The Balaban J connectivity index is 3.55. The zero-order valence-electron chi connectivity index (χ0n) is 28.5. The summed E-state index contributed by atoms with van der Waals surface area (Å²) in [4.78, 5) is 24.2. The van der Waals surface area contributed by atoms with E-state index in [0.717, 1.165) is 57.8 Å². The SMILES string of the molecule is CCC/C=C\C/C=C\CCCCCCCC(=O)OC(CO)COC(=O)CCCCCCCCCCCCCCCCCC. The van der Waals surface area contributed by atoms with Crippen LogP contribution in [0, 0.1) is 0 Å². The van der Waals surface area contributed by atoms with Gasteiger partial charge in [-0.15, -0.1) is 0 Å². The molecule has 1 N–H and O–H groups in total. The number of rotatable bonds is 33. The molecule has 0 fully saturated rings. The van der Waals surface area contributed by atoms with Gasteiger partial charge in [-0.1, -0.05) is 160 Å². The average molecular weight is 607 g/mol. The Bertz CT molecular complexity index is 657. The van der Waals surface area contributed by atoms with E-state index in [0.29, 0.717) is 12.8 Å². The molecular weight excluding hydrogens is 536 g/mol. The largest absolute Gasteiger partial charge is 0.462 e. The summed E-state index contributed by atoms with van der Waals surface area (Å²) in [7, 11) is 0. The predicted octanol–water partition coefficient (Wildman–Crippen LogP) is 11.1. The number of aliphatic hydroxyl groups is 1. The molecular formula is C38H70O5. The molecule has 0 aliphatic carbocycles. The number of ether oxygens (including phenoxy) is 2. The molecule has 5 nitrogen and oxygen atoms in total. The molecule has 0 spiro atoms. The van der Waals surface area contributed by atoms with E-state index in [4.69, 9.17) is 9.47 Å². The van der Waals surface area contributed by atoms with Crippen LogP contribution in [0.2, 0.25) is 0 Å². The van der Waals surface area contributed by atoms with E-state index >= 15 is 0 Å². The molecule has 0 aromatic carbocycles. The molecule has 0 aromatic heterocycles. The van der Waals surface area contributed by atoms with Crippen molar-refractivity contribution in [2.24, 2.45) is 0 Å². The third-order valence-corrected chi connectivity index (χ3v) is 7.98. The summed E-state index contributed by atoms with van der Waals surface area (Å²) in [5.74, 6) is -0.602. The smallest absolute Gasteiger partial charge is 0.306 e. The second kappa shape index (κ2) is 34.9. The van der Waals surface area contributed by atoms with Gasteiger partial charge in [0.25, 0.3) is 0 Å². The average Bonchev–Trinajstić information content (AvgIpc) is 3.01. The van der Waals surface area contributed by atoms with Crippen molar-refractivity contribution in [2.75, 3.05) is 13.2 Å². The second-order valence-corrected chi connectivity index (χ2v) is 12.3. The van der Waals surface area contributed by atoms with Gasteiger partial charge in [-0.05, 0) is 38.5 Å². The molecule has 0 saturated carbocycles. The van der Waals surface area contributed by atoms with Gasteiger partial charge in [0.2, 0.25) is 0 Å². The Morgan fingerprint density at radius 1 is 0.535 bits per heavy atom. The summed E-state index contributed by atoms with van der Waals surface area (Å²) in [6, 6.07) is 0. The quantitative estimate of drug-likeness (QED) is 0.0457. The third kappa shape index (κ3) is 33.1. The molecule has 0 aliphatic rings. The fourth-order valence-corrected chi connectivity index (χ4v) is 5.18. The molecule has 0 radical (unpaired) electrons. The van der Waals surface area contributed by atoms with E-state index in [9.17, 15) is 14.7 Å². The first-order valence-electron chi connectivity index (χ1n) is 18.4. The zero-order chi connectivity index (χ0) is 31.5. The second-order valence-electron chi connectivity index (χ2n) is 12.3. The highest BCUT2D eigenvalue weighted by Gasteiger charge is 2.16. The van der Waals surface area contributed by atoms with Gasteiger partial charge in [-0.3, -0.25) is 9.59 Å². The summed E-state index contributed by atoms with van der Waals surface area (Å²) in [6.07, 6.45) is 39.5. The number of aliphatic hydroxyl groups excluding tert-OH is 1.